The van der Waals surface area contributed by atoms with E-state index in [1.54, 1.807) is 6.92 Å². The SMILES string of the molecule is CC(CC(=O)O)NC(=O)[C@H]1CCCCC[C@H]1NC(=O)OCC1c2ccccc2-c2ccccc21. The zero-order chi connectivity index (χ0) is 24.1. The molecule has 0 bridgehead atoms. The number of carboxylic acids is 1. The Morgan fingerprint density at radius 1 is 0.971 bits per heavy atom. The van der Waals surface area contributed by atoms with E-state index in [1.165, 1.54) is 11.1 Å². The molecule has 3 atom stereocenters. The molecule has 3 N–H and O–H groups in total. The van der Waals surface area contributed by atoms with Gasteiger partial charge in [-0.3, -0.25) is 9.59 Å². The van der Waals surface area contributed by atoms with Gasteiger partial charge in [0.15, 0.2) is 0 Å². The average molecular weight is 465 g/mol. The van der Waals surface area contributed by atoms with Crippen LogP contribution in [0.15, 0.2) is 48.5 Å². The fraction of sp³-hybridized carbons (Fsp3) is 0.444. The lowest BCUT2D eigenvalue weighted by Crippen LogP contribution is -2.48. The van der Waals surface area contributed by atoms with E-state index in [1.807, 2.05) is 24.3 Å². The minimum atomic E-state index is -0.957. The molecule has 7 nitrogen and oxygen atoms in total. The number of carbonyl (C=O) groups is 3. The van der Waals surface area contributed by atoms with Crippen LogP contribution >= 0.6 is 0 Å². The molecule has 0 saturated heterocycles. The maximum atomic E-state index is 12.9. The third-order valence-corrected chi connectivity index (χ3v) is 6.87. The predicted octanol–water partition coefficient (Wildman–Crippen LogP) is 4.45. The van der Waals surface area contributed by atoms with Crippen molar-refractivity contribution in [3.8, 4) is 11.1 Å². The van der Waals surface area contributed by atoms with Crippen molar-refractivity contribution < 1.29 is 24.2 Å². The number of rotatable bonds is 7. The van der Waals surface area contributed by atoms with Gasteiger partial charge in [-0.25, -0.2) is 4.79 Å². The number of ether oxygens (including phenoxy) is 1. The molecule has 0 aliphatic heterocycles. The molecule has 0 aromatic heterocycles. The first kappa shape index (κ1) is 23.8. The Hall–Kier alpha value is -3.35. The number of hydrogen-bond donors (Lipinski definition) is 3. The van der Waals surface area contributed by atoms with E-state index in [0.29, 0.717) is 12.8 Å². The lowest BCUT2D eigenvalue weighted by Gasteiger charge is -2.26. The Kier molecular flexibility index (Phi) is 7.50. The van der Waals surface area contributed by atoms with Crippen LogP contribution in [0.1, 0.15) is 62.5 Å². The number of fused-ring (bicyclic) bond motifs is 3. The molecular formula is C27H32N2O5. The fourth-order valence-electron chi connectivity index (χ4n) is 5.25. The standard InChI is InChI=1S/C27H32N2O5/c1-17(15-25(30)31)28-26(32)22-13-3-2-4-14-24(22)29-27(33)34-16-23-20-11-7-5-9-18(20)19-10-6-8-12-21(19)23/h5-12,17,22-24H,2-4,13-16H2,1H3,(H,28,32)(H,29,33)(H,30,31)/t17?,22-,24+/m0/s1. The monoisotopic (exact) mass is 464 g/mol. The molecule has 2 aromatic rings. The van der Waals surface area contributed by atoms with E-state index in [-0.39, 0.29) is 30.9 Å². The van der Waals surface area contributed by atoms with E-state index < -0.39 is 24.0 Å². The summed E-state index contributed by atoms with van der Waals surface area (Å²) in [6.45, 7) is 1.90. The number of alkyl carbamates (subject to hydrolysis) is 1. The highest BCUT2D eigenvalue weighted by molar-refractivity contribution is 5.82. The second-order valence-corrected chi connectivity index (χ2v) is 9.33. The number of hydrogen-bond acceptors (Lipinski definition) is 4. The molecule has 0 spiro atoms. The number of aliphatic carboxylic acids is 1. The fourth-order valence-corrected chi connectivity index (χ4v) is 5.25. The van der Waals surface area contributed by atoms with Gasteiger partial charge in [-0.2, -0.15) is 0 Å². The lowest BCUT2D eigenvalue weighted by molar-refractivity contribution is -0.137. The normalized spacial score (nSPS) is 20.4. The van der Waals surface area contributed by atoms with Crippen molar-refractivity contribution in [3.63, 3.8) is 0 Å². The molecule has 0 heterocycles. The van der Waals surface area contributed by atoms with Crippen LogP contribution < -0.4 is 10.6 Å². The van der Waals surface area contributed by atoms with Gasteiger partial charge in [-0.15, -0.1) is 0 Å². The molecule has 34 heavy (non-hydrogen) atoms. The summed E-state index contributed by atoms with van der Waals surface area (Å²) in [4.78, 5) is 36.6. The van der Waals surface area contributed by atoms with Gasteiger partial charge < -0.3 is 20.5 Å². The van der Waals surface area contributed by atoms with Crippen LogP contribution in [0, 0.1) is 5.92 Å². The van der Waals surface area contributed by atoms with Gasteiger partial charge in [-0.1, -0.05) is 67.8 Å². The molecule has 2 aromatic carbocycles. The summed E-state index contributed by atoms with van der Waals surface area (Å²) in [6.07, 6.45) is 3.50. The quantitative estimate of drug-likeness (QED) is 0.525. The van der Waals surface area contributed by atoms with Crippen molar-refractivity contribution >= 4 is 18.0 Å². The van der Waals surface area contributed by atoms with Gasteiger partial charge in [0.1, 0.15) is 6.61 Å². The van der Waals surface area contributed by atoms with Crippen LogP contribution in [0.25, 0.3) is 11.1 Å². The largest absolute Gasteiger partial charge is 0.481 e. The number of benzene rings is 2. The molecular weight excluding hydrogens is 432 g/mol. The Balaban J connectivity index is 1.39. The van der Waals surface area contributed by atoms with Crippen molar-refractivity contribution in [1.82, 2.24) is 10.6 Å². The minimum absolute atomic E-state index is 0.0248. The van der Waals surface area contributed by atoms with Gasteiger partial charge in [0, 0.05) is 18.0 Å². The van der Waals surface area contributed by atoms with Crippen LogP contribution in [0.3, 0.4) is 0 Å². The van der Waals surface area contributed by atoms with Crippen LogP contribution in [-0.4, -0.2) is 41.8 Å². The molecule has 2 aliphatic rings. The van der Waals surface area contributed by atoms with Gasteiger partial charge in [0.2, 0.25) is 5.91 Å². The second-order valence-electron chi connectivity index (χ2n) is 9.33. The zero-order valence-electron chi connectivity index (χ0n) is 19.5. The Bertz CT molecular complexity index is 1010. The third-order valence-electron chi connectivity index (χ3n) is 6.87. The van der Waals surface area contributed by atoms with Gasteiger partial charge in [0.25, 0.3) is 0 Å². The van der Waals surface area contributed by atoms with Crippen molar-refractivity contribution in [2.24, 2.45) is 5.92 Å². The summed E-state index contributed by atoms with van der Waals surface area (Å²) in [7, 11) is 0. The smallest absolute Gasteiger partial charge is 0.407 e. The van der Waals surface area contributed by atoms with Gasteiger partial charge >= 0.3 is 12.1 Å². The first-order chi connectivity index (χ1) is 16.4. The van der Waals surface area contributed by atoms with E-state index in [4.69, 9.17) is 9.84 Å². The van der Waals surface area contributed by atoms with Crippen LogP contribution in [0.4, 0.5) is 4.79 Å². The molecule has 180 valence electrons. The van der Waals surface area contributed by atoms with Crippen LogP contribution in [0.5, 0.6) is 0 Å². The van der Waals surface area contributed by atoms with Crippen molar-refractivity contribution in [3.05, 3.63) is 59.7 Å². The van der Waals surface area contributed by atoms with E-state index >= 15 is 0 Å². The third kappa shape index (κ3) is 5.41. The molecule has 7 heteroatoms. The van der Waals surface area contributed by atoms with Crippen LogP contribution in [-0.2, 0) is 14.3 Å². The maximum Gasteiger partial charge on any atom is 0.407 e. The number of amides is 2. The molecule has 2 aliphatic carbocycles. The van der Waals surface area contributed by atoms with Gasteiger partial charge in [-0.05, 0) is 42.0 Å². The van der Waals surface area contributed by atoms with E-state index in [2.05, 4.69) is 34.9 Å². The van der Waals surface area contributed by atoms with Crippen molar-refractivity contribution in [2.75, 3.05) is 6.61 Å². The highest BCUT2D eigenvalue weighted by atomic mass is 16.5. The zero-order valence-corrected chi connectivity index (χ0v) is 19.5. The summed E-state index contributed by atoms with van der Waals surface area (Å²) in [5.41, 5.74) is 4.64. The first-order valence-corrected chi connectivity index (χ1v) is 12.1. The molecule has 0 radical (unpaired) electrons. The van der Waals surface area contributed by atoms with Gasteiger partial charge in [0.05, 0.1) is 12.3 Å². The molecule has 1 saturated carbocycles. The Labute approximate surface area is 199 Å². The second kappa shape index (κ2) is 10.7. The van der Waals surface area contributed by atoms with E-state index in [0.717, 1.165) is 30.4 Å². The first-order valence-electron chi connectivity index (χ1n) is 12.1. The minimum Gasteiger partial charge on any atom is -0.481 e. The Morgan fingerprint density at radius 3 is 2.24 bits per heavy atom. The summed E-state index contributed by atoms with van der Waals surface area (Å²) in [6, 6.07) is 15.5. The predicted molar refractivity (Wildman–Crippen MR) is 128 cm³/mol. The summed E-state index contributed by atoms with van der Waals surface area (Å²) >= 11 is 0. The maximum absolute atomic E-state index is 12.9. The topological polar surface area (TPSA) is 105 Å². The number of carbonyl (C=O) groups excluding carboxylic acids is 2. The highest BCUT2D eigenvalue weighted by Gasteiger charge is 2.33. The molecule has 2 amide bonds. The lowest BCUT2D eigenvalue weighted by atomic mass is 9.93. The summed E-state index contributed by atoms with van der Waals surface area (Å²) in [5.74, 6) is -1.59. The molecule has 1 unspecified atom stereocenters. The number of nitrogens with one attached hydrogen (secondary N) is 2. The Morgan fingerprint density at radius 2 is 1.59 bits per heavy atom. The number of carboxylic acid groups (broad SMARTS) is 1. The molecule has 1 fully saturated rings. The average Bonchev–Trinajstić information content (AvgIpc) is 2.94. The van der Waals surface area contributed by atoms with E-state index in [9.17, 15) is 14.4 Å². The van der Waals surface area contributed by atoms with Crippen molar-refractivity contribution in [2.45, 2.75) is 63.5 Å². The van der Waals surface area contributed by atoms with Crippen LogP contribution in [0.2, 0.25) is 0 Å². The summed E-state index contributed by atoms with van der Waals surface area (Å²) in [5, 5.41) is 14.7. The highest BCUT2D eigenvalue weighted by Crippen LogP contribution is 2.44. The van der Waals surface area contributed by atoms with Crippen molar-refractivity contribution in [1.29, 1.82) is 0 Å². The summed E-state index contributed by atoms with van der Waals surface area (Å²) < 4.78 is 5.69. The molecule has 4 rings (SSSR count).